The summed E-state index contributed by atoms with van der Waals surface area (Å²) in [6.45, 7) is 6.23. The molecule has 0 unspecified atom stereocenters. The summed E-state index contributed by atoms with van der Waals surface area (Å²) in [6, 6.07) is 4.76. The van der Waals surface area contributed by atoms with Gasteiger partial charge in [0.2, 0.25) is 5.91 Å². The first-order chi connectivity index (χ1) is 11.5. The molecule has 0 radical (unpaired) electrons. The van der Waals surface area contributed by atoms with Gasteiger partial charge in [0.05, 0.1) is 24.9 Å². The highest BCUT2D eigenvalue weighted by Crippen LogP contribution is 2.29. The Morgan fingerprint density at radius 2 is 2.17 bits per heavy atom. The summed E-state index contributed by atoms with van der Waals surface area (Å²) < 4.78 is 2.05. The Balaban J connectivity index is 1.58. The summed E-state index contributed by atoms with van der Waals surface area (Å²) in [4.78, 5) is 14.7. The first-order valence-corrected chi connectivity index (χ1v) is 8.99. The highest BCUT2D eigenvalue weighted by Gasteiger charge is 2.36. The number of hydrogen-bond donors (Lipinski definition) is 1. The van der Waals surface area contributed by atoms with Crippen molar-refractivity contribution in [3.8, 4) is 6.07 Å². The van der Waals surface area contributed by atoms with Crippen LogP contribution in [0.15, 0.2) is 6.07 Å². The van der Waals surface area contributed by atoms with Crippen LogP contribution in [0.2, 0.25) is 0 Å². The van der Waals surface area contributed by atoms with Gasteiger partial charge in [-0.2, -0.15) is 10.4 Å². The van der Waals surface area contributed by atoms with E-state index in [0.29, 0.717) is 12.6 Å². The molecule has 1 aromatic heterocycles. The molecule has 0 bridgehead atoms. The van der Waals surface area contributed by atoms with Crippen LogP contribution < -0.4 is 5.32 Å². The fraction of sp³-hybridized carbons (Fsp3) is 0.722. The second-order valence-electron chi connectivity index (χ2n) is 7.32. The van der Waals surface area contributed by atoms with Gasteiger partial charge in [-0.05, 0) is 65.0 Å². The van der Waals surface area contributed by atoms with E-state index in [0.717, 1.165) is 63.0 Å². The SMILES string of the molecule is Cc1cc(C)n(C[C@@H]2CCCN2CC(=O)NC2(C#N)CCCC2)n1. The van der Waals surface area contributed by atoms with Crippen LogP contribution in [0.1, 0.15) is 49.9 Å². The lowest BCUT2D eigenvalue weighted by Crippen LogP contribution is -2.50. The third kappa shape index (κ3) is 3.62. The highest BCUT2D eigenvalue weighted by molar-refractivity contribution is 5.79. The summed E-state index contributed by atoms with van der Waals surface area (Å²) in [5.41, 5.74) is 1.58. The van der Waals surface area contributed by atoms with E-state index in [1.54, 1.807) is 0 Å². The minimum atomic E-state index is -0.623. The minimum absolute atomic E-state index is 0.0151. The van der Waals surface area contributed by atoms with Gasteiger partial charge in [-0.25, -0.2) is 0 Å². The van der Waals surface area contributed by atoms with Crippen LogP contribution in [0, 0.1) is 25.2 Å². The standard InChI is InChI=1S/C18H27N5O/c1-14-10-15(2)23(21-14)11-16-6-5-9-22(16)12-17(24)20-18(13-19)7-3-4-8-18/h10,16H,3-9,11-12H2,1-2H3,(H,20,24)/t16-/m0/s1. The summed E-state index contributed by atoms with van der Waals surface area (Å²) in [6.07, 6.45) is 5.82. The normalized spacial score (nSPS) is 23.3. The lowest BCUT2D eigenvalue weighted by Gasteiger charge is -2.27. The van der Waals surface area contributed by atoms with Gasteiger partial charge in [0.15, 0.2) is 0 Å². The van der Waals surface area contributed by atoms with Crippen LogP contribution in [0.3, 0.4) is 0 Å². The number of amides is 1. The number of aromatic nitrogens is 2. The summed E-state index contributed by atoms with van der Waals surface area (Å²) in [5.74, 6) is -0.0151. The molecule has 1 N–H and O–H groups in total. The third-order valence-corrected chi connectivity index (χ3v) is 5.38. The van der Waals surface area contributed by atoms with Crippen molar-refractivity contribution in [1.82, 2.24) is 20.0 Å². The maximum atomic E-state index is 12.5. The average molecular weight is 329 g/mol. The monoisotopic (exact) mass is 329 g/mol. The molecule has 0 aromatic carbocycles. The van der Waals surface area contributed by atoms with Gasteiger partial charge in [0.25, 0.3) is 0 Å². The number of aryl methyl sites for hydroxylation is 2. The van der Waals surface area contributed by atoms with Crippen LogP contribution in [0.5, 0.6) is 0 Å². The first-order valence-electron chi connectivity index (χ1n) is 8.99. The zero-order chi connectivity index (χ0) is 17.2. The maximum Gasteiger partial charge on any atom is 0.235 e. The van der Waals surface area contributed by atoms with E-state index in [1.165, 1.54) is 0 Å². The maximum absolute atomic E-state index is 12.5. The predicted molar refractivity (Wildman–Crippen MR) is 91.3 cm³/mol. The Labute approximate surface area is 143 Å². The van der Waals surface area contributed by atoms with Crippen molar-refractivity contribution in [2.75, 3.05) is 13.1 Å². The predicted octanol–water partition coefficient (Wildman–Crippen LogP) is 1.92. The molecule has 2 aliphatic rings. The minimum Gasteiger partial charge on any atom is -0.337 e. The summed E-state index contributed by atoms with van der Waals surface area (Å²) in [7, 11) is 0. The van der Waals surface area contributed by atoms with Gasteiger partial charge in [-0.15, -0.1) is 0 Å². The molecule has 2 fully saturated rings. The fourth-order valence-corrected chi connectivity index (χ4v) is 4.10. The average Bonchev–Trinajstić information content (AvgIpc) is 3.23. The van der Waals surface area contributed by atoms with E-state index in [9.17, 15) is 10.1 Å². The van der Waals surface area contributed by atoms with Gasteiger partial charge < -0.3 is 5.32 Å². The van der Waals surface area contributed by atoms with Crippen molar-refractivity contribution < 1.29 is 4.79 Å². The molecule has 0 spiro atoms. The Bertz CT molecular complexity index is 638. The number of hydrogen-bond acceptors (Lipinski definition) is 4. The molecule has 1 aromatic rings. The van der Waals surface area contributed by atoms with E-state index >= 15 is 0 Å². The Morgan fingerprint density at radius 3 is 2.79 bits per heavy atom. The van der Waals surface area contributed by atoms with E-state index in [4.69, 9.17) is 0 Å². The number of likely N-dealkylation sites (tertiary alicyclic amines) is 1. The number of nitriles is 1. The molecule has 130 valence electrons. The van der Waals surface area contributed by atoms with Gasteiger partial charge in [0.1, 0.15) is 5.54 Å². The second-order valence-corrected chi connectivity index (χ2v) is 7.32. The Kier molecular flexibility index (Phi) is 4.91. The van der Waals surface area contributed by atoms with Crippen LogP contribution in [0.4, 0.5) is 0 Å². The lowest BCUT2D eigenvalue weighted by atomic mass is 10.00. The van der Waals surface area contributed by atoms with Crippen molar-refractivity contribution in [2.24, 2.45) is 0 Å². The Morgan fingerprint density at radius 1 is 1.42 bits per heavy atom. The molecule has 1 saturated carbocycles. The van der Waals surface area contributed by atoms with Crippen LogP contribution >= 0.6 is 0 Å². The zero-order valence-electron chi connectivity index (χ0n) is 14.7. The van der Waals surface area contributed by atoms with Crippen molar-refractivity contribution in [2.45, 2.75) is 70.5 Å². The molecule has 2 heterocycles. The van der Waals surface area contributed by atoms with Gasteiger partial charge >= 0.3 is 0 Å². The third-order valence-electron chi connectivity index (χ3n) is 5.38. The molecule has 6 nitrogen and oxygen atoms in total. The van der Waals surface area contributed by atoms with E-state index in [1.807, 2.05) is 11.6 Å². The van der Waals surface area contributed by atoms with Crippen LogP contribution in [-0.4, -0.2) is 45.3 Å². The van der Waals surface area contributed by atoms with E-state index in [-0.39, 0.29) is 5.91 Å². The molecule has 6 heteroatoms. The zero-order valence-corrected chi connectivity index (χ0v) is 14.7. The van der Waals surface area contributed by atoms with Gasteiger partial charge in [-0.3, -0.25) is 14.4 Å². The topological polar surface area (TPSA) is 74.0 Å². The molecular weight excluding hydrogens is 302 g/mol. The highest BCUT2D eigenvalue weighted by atomic mass is 16.2. The molecule has 1 amide bonds. The van der Waals surface area contributed by atoms with Crippen LogP contribution in [0.25, 0.3) is 0 Å². The van der Waals surface area contributed by atoms with Crippen molar-refractivity contribution >= 4 is 5.91 Å². The van der Waals surface area contributed by atoms with E-state index < -0.39 is 5.54 Å². The molecule has 1 aliphatic carbocycles. The summed E-state index contributed by atoms with van der Waals surface area (Å²) in [5, 5.41) is 17.0. The van der Waals surface area contributed by atoms with Gasteiger partial charge in [0, 0.05) is 11.7 Å². The molecule has 24 heavy (non-hydrogen) atoms. The number of carbonyl (C=O) groups excluding carboxylic acids is 1. The van der Waals surface area contributed by atoms with Gasteiger partial charge in [-0.1, -0.05) is 0 Å². The molecule has 1 atom stereocenters. The molecular formula is C18H27N5O. The first kappa shape index (κ1) is 17.0. The van der Waals surface area contributed by atoms with Crippen LogP contribution in [-0.2, 0) is 11.3 Å². The quantitative estimate of drug-likeness (QED) is 0.895. The fourth-order valence-electron chi connectivity index (χ4n) is 4.10. The largest absolute Gasteiger partial charge is 0.337 e. The number of nitrogens with one attached hydrogen (secondary N) is 1. The van der Waals surface area contributed by atoms with Crippen molar-refractivity contribution in [1.29, 1.82) is 5.26 Å². The molecule has 1 saturated heterocycles. The van der Waals surface area contributed by atoms with Crippen molar-refractivity contribution in [3.05, 3.63) is 17.5 Å². The lowest BCUT2D eigenvalue weighted by molar-refractivity contribution is -0.123. The van der Waals surface area contributed by atoms with E-state index in [2.05, 4.69) is 34.4 Å². The number of nitrogens with zero attached hydrogens (tertiary/aromatic N) is 4. The number of carbonyl (C=O) groups is 1. The Hall–Kier alpha value is -1.87. The molecule has 3 rings (SSSR count). The second kappa shape index (κ2) is 6.94. The summed E-state index contributed by atoms with van der Waals surface area (Å²) >= 11 is 0. The number of rotatable bonds is 5. The molecule has 1 aliphatic heterocycles. The van der Waals surface area contributed by atoms with Crippen molar-refractivity contribution in [3.63, 3.8) is 0 Å². The smallest absolute Gasteiger partial charge is 0.235 e.